The second kappa shape index (κ2) is 7.78. The molecule has 1 atom stereocenters. The molecule has 26 heavy (non-hydrogen) atoms. The number of hydrogen-bond acceptors (Lipinski definition) is 4. The van der Waals surface area contributed by atoms with Crippen molar-refractivity contribution in [2.45, 2.75) is 30.8 Å². The standard InChI is InChI=1S/C19H20ClNO4S/c1-14(15-7-3-2-4-8-15)25-19(22)17-13-16(9-10-18(17)20)26(23,24)21-11-5-6-12-21/h2-4,7-10,13-14H,5-6,11-12H2,1H3/t14-/m0/s1. The van der Waals surface area contributed by atoms with E-state index in [2.05, 4.69) is 0 Å². The van der Waals surface area contributed by atoms with Crippen LogP contribution in [-0.4, -0.2) is 31.8 Å². The van der Waals surface area contributed by atoms with Crippen LogP contribution in [0, 0.1) is 0 Å². The van der Waals surface area contributed by atoms with Crippen LogP contribution in [0.1, 0.15) is 41.8 Å². The largest absolute Gasteiger partial charge is 0.454 e. The van der Waals surface area contributed by atoms with Gasteiger partial charge in [-0.15, -0.1) is 0 Å². The molecule has 0 bridgehead atoms. The van der Waals surface area contributed by atoms with Crippen molar-refractivity contribution in [2.75, 3.05) is 13.1 Å². The van der Waals surface area contributed by atoms with E-state index in [1.165, 1.54) is 22.5 Å². The third-order valence-electron chi connectivity index (χ3n) is 4.41. The summed E-state index contributed by atoms with van der Waals surface area (Å²) in [4.78, 5) is 12.6. The number of sulfonamides is 1. The van der Waals surface area contributed by atoms with Crippen molar-refractivity contribution in [3.63, 3.8) is 0 Å². The molecule has 5 nitrogen and oxygen atoms in total. The van der Waals surface area contributed by atoms with Gasteiger partial charge in [-0.2, -0.15) is 4.31 Å². The van der Waals surface area contributed by atoms with Gasteiger partial charge in [-0.25, -0.2) is 13.2 Å². The summed E-state index contributed by atoms with van der Waals surface area (Å²) in [5.74, 6) is -0.648. The van der Waals surface area contributed by atoms with Gasteiger partial charge in [-0.1, -0.05) is 41.9 Å². The van der Waals surface area contributed by atoms with Crippen molar-refractivity contribution in [1.82, 2.24) is 4.31 Å². The SMILES string of the molecule is C[C@H](OC(=O)c1cc(S(=O)(=O)N2CCCC2)ccc1Cl)c1ccccc1. The molecule has 1 heterocycles. The van der Waals surface area contributed by atoms with Gasteiger partial charge in [0.05, 0.1) is 15.5 Å². The highest BCUT2D eigenvalue weighted by Gasteiger charge is 2.28. The van der Waals surface area contributed by atoms with Gasteiger partial charge in [0.2, 0.25) is 10.0 Å². The topological polar surface area (TPSA) is 63.7 Å². The van der Waals surface area contributed by atoms with Crippen LogP contribution in [0.25, 0.3) is 0 Å². The molecule has 1 saturated heterocycles. The summed E-state index contributed by atoms with van der Waals surface area (Å²) in [5, 5.41) is 0.163. The summed E-state index contributed by atoms with van der Waals surface area (Å²) >= 11 is 6.12. The molecule has 0 aromatic heterocycles. The Balaban J connectivity index is 1.84. The maximum atomic E-state index is 12.7. The van der Waals surface area contributed by atoms with E-state index in [1.54, 1.807) is 6.92 Å². The molecule has 1 fully saturated rings. The summed E-state index contributed by atoms with van der Waals surface area (Å²) in [6, 6.07) is 13.5. The molecule has 3 rings (SSSR count). The lowest BCUT2D eigenvalue weighted by atomic mass is 10.1. The minimum atomic E-state index is -3.63. The van der Waals surface area contributed by atoms with Gasteiger partial charge in [-0.05, 0) is 43.5 Å². The van der Waals surface area contributed by atoms with Gasteiger partial charge >= 0.3 is 5.97 Å². The Kier molecular flexibility index (Phi) is 5.65. The Morgan fingerprint density at radius 3 is 2.42 bits per heavy atom. The molecule has 0 spiro atoms. The molecule has 0 saturated carbocycles. The van der Waals surface area contributed by atoms with Crippen LogP contribution in [0.3, 0.4) is 0 Å². The molecule has 0 aliphatic carbocycles. The average Bonchev–Trinajstić information content (AvgIpc) is 3.18. The van der Waals surface area contributed by atoms with E-state index >= 15 is 0 Å². The first kappa shape index (κ1) is 18.9. The highest BCUT2D eigenvalue weighted by Crippen LogP contribution is 2.27. The summed E-state index contributed by atoms with van der Waals surface area (Å²) < 4.78 is 32.3. The lowest BCUT2D eigenvalue weighted by molar-refractivity contribution is 0.0338. The van der Waals surface area contributed by atoms with Crippen LogP contribution in [0.15, 0.2) is 53.4 Å². The van der Waals surface area contributed by atoms with Crippen molar-refractivity contribution >= 4 is 27.6 Å². The monoisotopic (exact) mass is 393 g/mol. The molecule has 0 radical (unpaired) electrons. The Morgan fingerprint density at radius 2 is 1.77 bits per heavy atom. The average molecular weight is 394 g/mol. The van der Waals surface area contributed by atoms with Gasteiger partial charge in [-0.3, -0.25) is 0 Å². The van der Waals surface area contributed by atoms with Gasteiger partial charge < -0.3 is 4.74 Å². The zero-order valence-corrected chi connectivity index (χ0v) is 16.0. The Bertz CT molecular complexity index is 893. The highest BCUT2D eigenvalue weighted by atomic mass is 35.5. The van der Waals surface area contributed by atoms with Crippen molar-refractivity contribution in [2.24, 2.45) is 0 Å². The molecular formula is C19H20ClNO4S. The minimum Gasteiger partial charge on any atom is -0.454 e. The zero-order chi connectivity index (χ0) is 18.7. The number of nitrogens with zero attached hydrogens (tertiary/aromatic N) is 1. The van der Waals surface area contributed by atoms with Crippen molar-refractivity contribution in [3.05, 3.63) is 64.7 Å². The Labute approximate surface area is 158 Å². The van der Waals surface area contributed by atoms with E-state index in [0.29, 0.717) is 13.1 Å². The molecule has 138 valence electrons. The van der Waals surface area contributed by atoms with Gasteiger partial charge in [0, 0.05) is 13.1 Å². The van der Waals surface area contributed by atoms with E-state index in [1.807, 2.05) is 30.3 Å². The Morgan fingerprint density at radius 1 is 1.12 bits per heavy atom. The Hall–Kier alpha value is -1.89. The number of ether oxygens (including phenoxy) is 1. The van der Waals surface area contributed by atoms with Crippen LogP contribution >= 0.6 is 11.6 Å². The van der Waals surface area contributed by atoms with Crippen LogP contribution in [0.4, 0.5) is 0 Å². The van der Waals surface area contributed by atoms with E-state index < -0.39 is 22.1 Å². The zero-order valence-electron chi connectivity index (χ0n) is 14.4. The molecule has 2 aromatic rings. The van der Waals surface area contributed by atoms with Crippen molar-refractivity contribution in [3.8, 4) is 0 Å². The predicted molar refractivity (Wildman–Crippen MR) is 99.7 cm³/mol. The summed E-state index contributed by atoms with van der Waals surface area (Å²) in [7, 11) is -3.63. The van der Waals surface area contributed by atoms with Gasteiger partial charge in [0.15, 0.2) is 0 Å². The molecule has 1 aliphatic heterocycles. The smallest absolute Gasteiger partial charge is 0.340 e. The van der Waals surface area contributed by atoms with Crippen LogP contribution in [0.2, 0.25) is 5.02 Å². The highest BCUT2D eigenvalue weighted by molar-refractivity contribution is 7.89. The summed E-state index contributed by atoms with van der Waals surface area (Å²) in [6.45, 7) is 2.75. The fourth-order valence-electron chi connectivity index (χ4n) is 2.91. The summed E-state index contributed by atoms with van der Waals surface area (Å²) in [6.07, 6.45) is 1.21. The number of esters is 1. The van der Waals surface area contributed by atoms with Gasteiger partial charge in [0.25, 0.3) is 0 Å². The number of halogens is 1. The fourth-order valence-corrected chi connectivity index (χ4v) is 4.65. The molecular weight excluding hydrogens is 374 g/mol. The molecule has 2 aromatic carbocycles. The minimum absolute atomic E-state index is 0.0507. The first-order valence-electron chi connectivity index (χ1n) is 8.45. The first-order valence-corrected chi connectivity index (χ1v) is 10.3. The van der Waals surface area contributed by atoms with Crippen LogP contribution < -0.4 is 0 Å². The van der Waals surface area contributed by atoms with E-state index in [0.717, 1.165) is 18.4 Å². The lowest BCUT2D eigenvalue weighted by Gasteiger charge is -2.17. The van der Waals surface area contributed by atoms with Crippen molar-refractivity contribution in [1.29, 1.82) is 0 Å². The van der Waals surface area contributed by atoms with Crippen LogP contribution in [-0.2, 0) is 14.8 Å². The maximum Gasteiger partial charge on any atom is 0.340 e. The number of benzene rings is 2. The second-order valence-electron chi connectivity index (χ2n) is 6.21. The van der Waals surface area contributed by atoms with E-state index in [9.17, 15) is 13.2 Å². The fraction of sp³-hybridized carbons (Fsp3) is 0.316. The molecule has 7 heteroatoms. The number of carbonyl (C=O) groups is 1. The number of rotatable bonds is 5. The van der Waals surface area contributed by atoms with Gasteiger partial charge in [0.1, 0.15) is 6.10 Å². The third-order valence-corrected chi connectivity index (χ3v) is 6.64. The van der Waals surface area contributed by atoms with Crippen LogP contribution in [0.5, 0.6) is 0 Å². The molecule has 0 N–H and O–H groups in total. The maximum absolute atomic E-state index is 12.7. The third kappa shape index (κ3) is 3.92. The van der Waals surface area contributed by atoms with E-state index in [4.69, 9.17) is 16.3 Å². The van der Waals surface area contributed by atoms with E-state index in [-0.39, 0.29) is 15.5 Å². The predicted octanol–water partition coefficient (Wildman–Crippen LogP) is 4.04. The summed E-state index contributed by atoms with van der Waals surface area (Å²) in [5.41, 5.74) is 0.896. The lowest BCUT2D eigenvalue weighted by Crippen LogP contribution is -2.28. The first-order chi connectivity index (χ1) is 12.4. The molecule has 1 aliphatic rings. The molecule has 0 amide bonds. The quantitative estimate of drug-likeness (QED) is 0.719. The van der Waals surface area contributed by atoms with Crippen molar-refractivity contribution < 1.29 is 17.9 Å². The number of hydrogen-bond donors (Lipinski definition) is 0. The normalized spacial score (nSPS) is 16.4. The number of carbonyl (C=O) groups excluding carboxylic acids is 1. The second-order valence-corrected chi connectivity index (χ2v) is 8.56. The molecule has 0 unspecified atom stereocenters.